The molecule has 1 saturated heterocycles. The van der Waals surface area contributed by atoms with Crippen molar-refractivity contribution in [1.29, 1.82) is 0 Å². The number of benzene rings is 1. The number of amides is 2. The van der Waals surface area contributed by atoms with Crippen molar-refractivity contribution in [3.63, 3.8) is 0 Å². The Bertz CT molecular complexity index is 707. The lowest BCUT2D eigenvalue weighted by Gasteiger charge is -2.30. The summed E-state index contributed by atoms with van der Waals surface area (Å²) in [5.41, 5.74) is 1.75. The number of carbonyl (C=O) groups excluding carboxylic acids is 2. The van der Waals surface area contributed by atoms with Gasteiger partial charge in [0.25, 0.3) is 0 Å². The topological polar surface area (TPSA) is 67.2 Å². The first-order chi connectivity index (χ1) is 10.1. The molecule has 21 heavy (non-hydrogen) atoms. The number of piperazine rings is 1. The highest BCUT2D eigenvalue weighted by Crippen LogP contribution is 2.20. The van der Waals surface area contributed by atoms with E-state index in [2.05, 4.69) is 10.4 Å². The number of fused-ring (bicyclic) bond motifs is 1. The number of para-hydroxylation sites is 1. The Labute approximate surface area is 122 Å². The second-order valence-electron chi connectivity index (χ2n) is 5.25. The number of hydrogen-bond acceptors (Lipinski definition) is 4. The van der Waals surface area contributed by atoms with Crippen LogP contribution in [0.3, 0.4) is 0 Å². The molecule has 1 N–H and O–H groups in total. The second kappa shape index (κ2) is 5.29. The third kappa shape index (κ3) is 2.31. The number of rotatable bonds is 3. The van der Waals surface area contributed by atoms with Gasteiger partial charge >= 0.3 is 0 Å². The van der Waals surface area contributed by atoms with Crippen LogP contribution in [0.2, 0.25) is 0 Å². The Hall–Kier alpha value is -2.21. The van der Waals surface area contributed by atoms with Crippen LogP contribution in [-0.2, 0) is 23.2 Å². The number of aromatic nitrogens is 2. The maximum Gasteiger partial charge on any atom is 0.246 e. The average Bonchev–Trinajstić information content (AvgIpc) is 2.81. The van der Waals surface area contributed by atoms with Crippen molar-refractivity contribution < 1.29 is 9.59 Å². The van der Waals surface area contributed by atoms with Crippen molar-refractivity contribution in [3.05, 3.63) is 30.0 Å². The van der Waals surface area contributed by atoms with Crippen LogP contribution in [-0.4, -0.2) is 39.1 Å². The Morgan fingerprint density at radius 2 is 2.10 bits per heavy atom. The van der Waals surface area contributed by atoms with Gasteiger partial charge in [0.05, 0.1) is 30.3 Å². The molecular formula is C15H18N4O2. The van der Waals surface area contributed by atoms with Crippen LogP contribution in [0.5, 0.6) is 0 Å². The number of hydrogen-bond donors (Lipinski definition) is 1. The number of imide groups is 1. The predicted molar refractivity (Wildman–Crippen MR) is 78.4 cm³/mol. The van der Waals surface area contributed by atoms with Gasteiger partial charge in [-0.2, -0.15) is 5.10 Å². The van der Waals surface area contributed by atoms with E-state index in [1.165, 1.54) is 4.90 Å². The molecule has 2 amide bonds. The summed E-state index contributed by atoms with van der Waals surface area (Å²) in [6.07, 6.45) is 0.672. The van der Waals surface area contributed by atoms with Crippen molar-refractivity contribution in [2.24, 2.45) is 7.05 Å². The fraction of sp³-hybridized carbons (Fsp3) is 0.400. The fourth-order valence-electron chi connectivity index (χ4n) is 2.74. The molecule has 2 aromatic rings. The molecule has 1 aromatic carbocycles. The standard InChI is InChI=1S/C15H18N4O2/c1-3-11-15(21)19(14(20)8-16-11)9-12-10-6-4-5-7-13(10)18(2)17-12/h4-7,11,16H,3,8-9H2,1-2H3. The summed E-state index contributed by atoms with van der Waals surface area (Å²) in [5.74, 6) is -0.358. The van der Waals surface area contributed by atoms with Gasteiger partial charge in [-0.3, -0.25) is 24.5 Å². The average molecular weight is 286 g/mol. The lowest BCUT2D eigenvalue weighted by Crippen LogP contribution is -2.57. The van der Waals surface area contributed by atoms with Crippen molar-refractivity contribution in [3.8, 4) is 0 Å². The summed E-state index contributed by atoms with van der Waals surface area (Å²) in [5, 5.41) is 8.39. The van der Waals surface area contributed by atoms with Gasteiger partial charge < -0.3 is 0 Å². The summed E-state index contributed by atoms with van der Waals surface area (Å²) in [4.78, 5) is 25.7. The minimum Gasteiger partial charge on any atom is -0.297 e. The third-order valence-corrected chi connectivity index (χ3v) is 3.92. The van der Waals surface area contributed by atoms with E-state index in [-0.39, 0.29) is 30.9 Å². The first-order valence-corrected chi connectivity index (χ1v) is 7.10. The van der Waals surface area contributed by atoms with E-state index in [0.717, 1.165) is 16.6 Å². The van der Waals surface area contributed by atoms with Crippen LogP contribution in [0.1, 0.15) is 19.0 Å². The van der Waals surface area contributed by atoms with Crippen molar-refractivity contribution >= 4 is 22.7 Å². The molecule has 1 aliphatic rings. The van der Waals surface area contributed by atoms with Gasteiger partial charge in [0, 0.05) is 12.4 Å². The molecule has 1 aliphatic heterocycles. The molecule has 6 heteroatoms. The van der Waals surface area contributed by atoms with Crippen molar-refractivity contribution in [1.82, 2.24) is 20.0 Å². The Kier molecular flexibility index (Phi) is 3.47. The highest BCUT2D eigenvalue weighted by molar-refractivity contribution is 6.01. The molecular weight excluding hydrogens is 268 g/mol. The normalized spacial score (nSPS) is 19.5. The first kappa shape index (κ1) is 13.8. The van der Waals surface area contributed by atoms with Crippen molar-refractivity contribution in [2.75, 3.05) is 6.54 Å². The number of nitrogens with one attached hydrogen (secondary N) is 1. The van der Waals surface area contributed by atoms with E-state index in [4.69, 9.17) is 0 Å². The lowest BCUT2D eigenvalue weighted by atomic mass is 10.1. The van der Waals surface area contributed by atoms with Gasteiger partial charge in [-0.25, -0.2) is 0 Å². The molecule has 1 atom stereocenters. The zero-order valence-corrected chi connectivity index (χ0v) is 12.2. The summed E-state index contributed by atoms with van der Waals surface area (Å²) in [7, 11) is 1.86. The minimum atomic E-state index is -0.280. The Morgan fingerprint density at radius 3 is 2.86 bits per heavy atom. The van der Waals surface area contributed by atoms with Crippen LogP contribution in [0.15, 0.2) is 24.3 Å². The summed E-state index contributed by atoms with van der Waals surface area (Å²) in [6, 6.07) is 7.54. The molecule has 0 radical (unpaired) electrons. The monoisotopic (exact) mass is 286 g/mol. The first-order valence-electron chi connectivity index (χ1n) is 7.10. The molecule has 0 aliphatic carbocycles. The molecule has 3 rings (SSSR count). The Balaban J connectivity index is 1.94. The van der Waals surface area contributed by atoms with E-state index < -0.39 is 0 Å². The van der Waals surface area contributed by atoms with Crippen LogP contribution >= 0.6 is 0 Å². The molecule has 0 saturated carbocycles. The summed E-state index contributed by atoms with van der Waals surface area (Å²) in [6.45, 7) is 2.37. The highest BCUT2D eigenvalue weighted by atomic mass is 16.2. The van der Waals surface area contributed by atoms with E-state index in [1.54, 1.807) is 4.68 Å². The molecule has 6 nitrogen and oxygen atoms in total. The van der Waals surface area contributed by atoms with Crippen molar-refractivity contribution in [2.45, 2.75) is 25.9 Å². The van der Waals surface area contributed by atoms with E-state index in [0.29, 0.717) is 6.42 Å². The zero-order chi connectivity index (χ0) is 15.0. The maximum absolute atomic E-state index is 12.3. The molecule has 0 spiro atoms. The molecule has 2 heterocycles. The van der Waals surface area contributed by atoms with E-state index >= 15 is 0 Å². The second-order valence-corrected chi connectivity index (χ2v) is 5.25. The van der Waals surface area contributed by atoms with Gasteiger partial charge in [-0.15, -0.1) is 0 Å². The number of nitrogens with zero attached hydrogens (tertiary/aromatic N) is 3. The SMILES string of the molecule is CCC1NCC(=O)N(Cc2nn(C)c3ccccc23)C1=O. The lowest BCUT2D eigenvalue weighted by molar-refractivity contribution is -0.150. The van der Waals surface area contributed by atoms with Crippen LogP contribution < -0.4 is 5.32 Å². The molecule has 1 unspecified atom stereocenters. The number of carbonyl (C=O) groups is 2. The van der Waals surface area contributed by atoms with Gasteiger partial charge in [0.15, 0.2) is 0 Å². The number of aryl methyl sites for hydroxylation is 1. The summed E-state index contributed by atoms with van der Waals surface area (Å²) >= 11 is 0. The van der Waals surface area contributed by atoms with Gasteiger partial charge in [0.2, 0.25) is 11.8 Å². The van der Waals surface area contributed by atoms with Gasteiger partial charge in [-0.05, 0) is 12.5 Å². The van der Waals surface area contributed by atoms with E-state index in [9.17, 15) is 9.59 Å². The van der Waals surface area contributed by atoms with Crippen LogP contribution in [0.25, 0.3) is 10.9 Å². The summed E-state index contributed by atoms with van der Waals surface area (Å²) < 4.78 is 1.78. The molecule has 0 bridgehead atoms. The maximum atomic E-state index is 12.3. The zero-order valence-electron chi connectivity index (χ0n) is 12.2. The van der Waals surface area contributed by atoms with Gasteiger partial charge in [-0.1, -0.05) is 25.1 Å². The third-order valence-electron chi connectivity index (χ3n) is 3.92. The predicted octanol–water partition coefficient (Wildman–Crippen LogP) is 0.810. The molecule has 1 fully saturated rings. The fourth-order valence-corrected chi connectivity index (χ4v) is 2.74. The quantitative estimate of drug-likeness (QED) is 0.848. The molecule has 1 aromatic heterocycles. The Morgan fingerprint density at radius 1 is 1.33 bits per heavy atom. The highest BCUT2D eigenvalue weighted by Gasteiger charge is 2.33. The minimum absolute atomic E-state index is 0.163. The smallest absolute Gasteiger partial charge is 0.246 e. The van der Waals surface area contributed by atoms with Crippen LogP contribution in [0, 0.1) is 0 Å². The molecule has 110 valence electrons. The van der Waals surface area contributed by atoms with Crippen LogP contribution in [0.4, 0.5) is 0 Å². The van der Waals surface area contributed by atoms with Gasteiger partial charge in [0.1, 0.15) is 0 Å². The van der Waals surface area contributed by atoms with E-state index in [1.807, 2.05) is 38.2 Å². The largest absolute Gasteiger partial charge is 0.297 e.